The molecule has 0 fully saturated rings. The Morgan fingerprint density at radius 1 is 0.929 bits per heavy atom. The van der Waals surface area contributed by atoms with E-state index in [1.54, 1.807) is 32.7 Å². The standard InChI is InChI=1S/C22H21NO3S2/c1-24-17-11-14(12-18(25-2)22(17)26-3)21-13-16(19-9-6-10-27-19)23-15-7-4-5-8-20(15)28-21/h4-12,21H,13H2,1-3H3/t21-/m1/s1. The zero-order chi connectivity index (χ0) is 19.5. The number of nitrogens with zero attached hydrogens (tertiary/aromatic N) is 1. The molecule has 0 spiro atoms. The van der Waals surface area contributed by atoms with Crippen molar-refractivity contribution in [3.63, 3.8) is 0 Å². The quantitative estimate of drug-likeness (QED) is 0.506. The average molecular weight is 412 g/mol. The van der Waals surface area contributed by atoms with E-state index in [1.807, 2.05) is 30.0 Å². The van der Waals surface area contributed by atoms with Crippen molar-refractivity contribution < 1.29 is 14.2 Å². The number of methoxy groups -OCH3 is 3. The number of hydrogen-bond acceptors (Lipinski definition) is 6. The second-order valence-corrected chi connectivity index (χ2v) is 8.47. The third kappa shape index (κ3) is 3.62. The van der Waals surface area contributed by atoms with E-state index in [4.69, 9.17) is 19.2 Å². The van der Waals surface area contributed by atoms with Crippen LogP contribution in [0.5, 0.6) is 17.2 Å². The summed E-state index contributed by atoms with van der Waals surface area (Å²) in [5.41, 5.74) is 3.25. The lowest BCUT2D eigenvalue weighted by Gasteiger charge is -2.19. The maximum atomic E-state index is 5.57. The van der Waals surface area contributed by atoms with E-state index in [0.717, 1.165) is 23.4 Å². The predicted molar refractivity (Wildman–Crippen MR) is 116 cm³/mol. The van der Waals surface area contributed by atoms with E-state index in [2.05, 4.69) is 35.7 Å². The number of benzene rings is 2. The lowest BCUT2D eigenvalue weighted by atomic mass is 10.0. The molecule has 2 aromatic carbocycles. The van der Waals surface area contributed by atoms with E-state index in [-0.39, 0.29) is 5.25 Å². The van der Waals surface area contributed by atoms with Crippen LogP contribution >= 0.6 is 23.1 Å². The van der Waals surface area contributed by atoms with Crippen LogP contribution in [0.4, 0.5) is 5.69 Å². The largest absolute Gasteiger partial charge is 0.493 e. The highest BCUT2D eigenvalue weighted by Crippen LogP contribution is 2.49. The van der Waals surface area contributed by atoms with Crippen molar-refractivity contribution in [3.8, 4) is 17.2 Å². The molecule has 0 saturated heterocycles. The fraction of sp³-hybridized carbons (Fsp3) is 0.227. The molecule has 0 amide bonds. The molecule has 0 aliphatic carbocycles. The van der Waals surface area contributed by atoms with Crippen LogP contribution in [-0.4, -0.2) is 27.0 Å². The molecule has 0 saturated carbocycles. The Morgan fingerprint density at radius 3 is 2.32 bits per heavy atom. The number of para-hydroxylation sites is 1. The van der Waals surface area contributed by atoms with Gasteiger partial charge in [0.25, 0.3) is 0 Å². The van der Waals surface area contributed by atoms with Crippen molar-refractivity contribution in [2.24, 2.45) is 4.99 Å². The van der Waals surface area contributed by atoms with E-state index >= 15 is 0 Å². The van der Waals surface area contributed by atoms with Crippen LogP contribution in [0, 0.1) is 0 Å². The van der Waals surface area contributed by atoms with Crippen LogP contribution in [0.15, 0.2) is 63.8 Å². The second-order valence-electron chi connectivity index (χ2n) is 6.27. The first-order valence-electron chi connectivity index (χ1n) is 8.90. The monoisotopic (exact) mass is 411 g/mol. The van der Waals surface area contributed by atoms with Gasteiger partial charge in [-0.1, -0.05) is 18.2 Å². The summed E-state index contributed by atoms with van der Waals surface area (Å²) in [7, 11) is 4.92. The van der Waals surface area contributed by atoms with Crippen LogP contribution in [0.25, 0.3) is 0 Å². The molecule has 4 rings (SSSR count). The molecule has 1 atom stereocenters. The Morgan fingerprint density at radius 2 is 1.68 bits per heavy atom. The Hall–Kier alpha value is -2.44. The summed E-state index contributed by atoms with van der Waals surface area (Å²) < 4.78 is 16.6. The SMILES string of the molecule is COc1cc([C@H]2CC(c3cccs3)=Nc3ccccc3S2)cc(OC)c1OC. The van der Waals surface area contributed by atoms with Crippen molar-refractivity contribution in [3.05, 3.63) is 64.4 Å². The van der Waals surface area contributed by atoms with E-state index < -0.39 is 0 Å². The van der Waals surface area contributed by atoms with Crippen LogP contribution in [-0.2, 0) is 0 Å². The van der Waals surface area contributed by atoms with Gasteiger partial charge < -0.3 is 14.2 Å². The van der Waals surface area contributed by atoms with Crippen LogP contribution < -0.4 is 14.2 Å². The first-order chi connectivity index (χ1) is 13.7. The molecule has 6 heteroatoms. The molecule has 0 radical (unpaired) electrons. The summed E-state index contributed by atoms with van der Waals surface area (Å²) in [5.74, 6) is 1.95. The Kier molecular flexibility index (Phi) is 5.59. The highest BCUT2D eigenvalue weighted by molar-refractivity contribution is 7.99. The molecule has 0 unspecified atom stereocenters. The van der Waals surface area contributed by atoms with Gasteiger partial charge in [0, 0.05) is 21.4 Å². The first-order valence-corrected chi connectivity index (χ1v) is 10.7. The van der Waals surface area contributed by atoms with Crippen molar-refractivity contribution in [1.29, 1.82) is 0 Å². The molecule has 3 aromatic rings. The number of fused-ring (bicyclic) bond motifs is 1. The molecule has 144 valence electrons. The summed E-state index contributed by atoms with van der Waals surface area (Å²) in [4.78, 5) is 7.37. The van der Waals surface area contributed by atoms with Crippen molar-refractivity contribution in [1.82, 2.24) is 0 Å². The van der Waals surface area contributed by atoms with Crippen LogP contribution in [0.1, 0.15) is 22.1 Å². The van der Waals surface area contributed by atoms with Gasteiger partial charge in [0.15, 0.2) is 11.5 Å². The zero-order valence-electron chi connectivity index (χ0n) is 16.0. The highest BCUT2D eigenvalue weighted by atomic mass is 32.2. The minimum Gasteiger partial charge on any atom is -0.493 e. The number of ether oxygens (including phenoxy) is 3. The molecule has 0 N–H and O–H groups in total. The molecular weight excluding hydrogens is 390 g/mol. The lowest BCUT2D eigenvalue weighted by Crippen LogP contribution is -2.05. The van der Waals surface area contributed by atoms with Gasteiger partial charge in [-0.3, -0.25) is 4.99 Å². The molecule has 1 aromatic heterocycles. The average Bonchev–Trinajstić information content (AvgIpc) is 3.20. The second kappa shape index (κ2) is 8.29. The van der Waals surface area contributed by atoms with Crippen molar-refractivity contribution in [2.45, 2.75) is 16.6 Å². The van der Waals surface area contributed by atoms with Crippen molar-refractivity contribution in [2.75, 3.05) is 21.3 Å². The normalized spacial score (nSPS) is 16.0. The number of hydrogen-bond donors (Lipinski definition) is 0. The summed E-state index contributed by atoms with van der Waals surface area (Å²) in [6.45, 7) is 0. The molecule has 0 bridgehead atoms. The molecular formula is C22H21NO3S2. The first kappa shape index (κ1) is 18.9. The topological polar surface area (TPSA) is 40.0 Å². The third-order valence-corrected chi connectivity index (χ3v) is 6.87. The summed E-state index contributed by atoms with van der Waals surface area (Å²) in [5, 5.41) is 2.27. The number of thiophene rings is 1. The molecule has 1 aliphatic heterocycles. The van der Waals surface area contributed by atoms with E-state index in [0.29, 0.717) is 17.2 Å². The predicted octanol–water partition coefficient (Wildman–Crippen LogP) is 6.13. The van der Waals surface area contributed by atoms with Gasteiger partial charge in [-0.2, -0.15) is 0 Å². The number of rotatable bonds is 5. The van der Waals surface area contributed by atoms with Crippen LogP contribution in [0.3, 0.4) is 0 Å². The maximum absolute atomic E-state index is 5.57. The fourth-order valence-corrected chi connectivity index (χ4v) is 5.22. The van der Waals surface area contributed by atoms with Gasteiger partial charge in [-0.15, -0.1) is 23.1 Å². The smallest absolute Gasteiger partial charge is 0.203 e. The van der Waals surface area contributed by atoms with E-state index in [9.17, 15) is 0 Å². The molecule has 4 nitrogen and oxygen atoms in total. The lowest BCUT2D eigenvalue weighted by molar-refractivity contribution is 0.324. The van der Waals surface area contributed by atoms with Gasteiger partial charge in [0.05, 0.1) is 32.7 Å². The minimum absolute atomic E-state index is 0.179. The number of thioether (sulfide) groups is 1. The Labute approximate surface area is 173 Å². The number of aliphatic imine (C=N–C) groups is 1. The molecule has 2 heterocycles. The van der Waals surface area contributed by atoms with Gasteiger partial charge in [-0.25, -0.2) is 0 Å². The molecule has 28 heavy (non-hydrogen) atoms. The van der Waals surface area contributed by atoms with Crippen LogP contribution in [0.2, 0.25) is 0 Å². The summed E-state index contributed by atoms with van der Waals surface area (Å²) >= 11 is 3.54. The maximum Gasteiger partial charge on any atom is 0.203 e. The van der Waals surface area contributed by atoms with Gasteiger partial charge in [0.2, 0.25) is 5.75 Å². The van der Waals surface area contributed by atoms with Gasteiger partial charge in [-0.05, 0) is 41.3 Å². The Bertz CT molecular complexity index is 974. The van der Waals surface area contributed by atoms with Crippen molar-refractivity contribution >= 4 is 34.5 Å². The van der Waals surface area contributed by atoms with E-state index in [1.165, 1.54) is 9.77 Å². The van der Waals surface area contributed by atoms with Gasteiger partial charge in [0.1, 0.15) is 0 Å². The molecule has 1 aliphatic rings. The zero-order valence-corrected chi connectivity index (χ0v) is 17.6. The van der Waals surface area contributed by atoms with Gasteiger partial charge >= 0.3 is 0 Å². The third-order valence-electron chi connectivity index (χ3n) is 4.63. The summed E-state index contributed by atoms with van der Waals surface area (Å²) in [6.07, 6.45) is 0.818. The highest BCUT2D eigenvalue weighted by Gasteiger charge is 2.25. The fourth-order valence-electron chi connectivity index (χ4n) is 3.28. The summed E-state index contributed by atoms with van der Waals surface area (Å²) in [6, 6.07) is 16.6. The Balaban J connectivity index is 1.81. The minimum atomic E-state index is 0.179.